The molecule has 0 heterocycles. The van der Waals surface area contributed by atoms with Gasteiger partial charge >= 0.3 is 0 Å². The van der Waals surface area contributed by atoms with E-state index >= 15 is 0 Å². The van der Waals surface area contributed by atoms with Crippen molar-refractivity contribution in [2.24, 2.45) is 5.41 Å². The summed E-state index contributed by atoms with van der Waals surface area (Å²) in [4.78, 5) is 11.7. The molecule has 3 heteroatoms. The first-order valence-electron chi connectivity index (χ1n) is 6.25. The van der Waals surface area contributed by atoms with Crippen LogP contribution in [-0.4, -0.2) is 12.8 Å². The van der Waals surface area contributed by atoms with Crippen LogP contribution in [0.25, 0.3) is 0 Å². The van der Waals surface area contributed by atoms with Gasteiger partial charge in [-0.15, -0.1) is 0 Å². The third-order valence-electron chi connectivity index (χ3n) is 3.11. The van der Waals surface area contributed by atoms with Gasteiger partial charge in [-0.1, -0.05) is 32.0 Å². The summed E-state index contributed by atoms with van der Waals surface area (Å²) < 4.78 is 0. The van der Waals surface area contributed by atoms with Crippen molar-refractivity contribution >= 4 is 11.5 Å². The van der Waals surface area contributed by atoms with Gasteiger partial charge in [-0.25, -0.2) is 0 Å². The van der Waals surface area contributed by atoms with Gasteiger partial charge in [0.25, 0.3) is 0 Å². The fraction of sp³-hybridized carbons (Fsp3) is 0.400. The normalized spacial score (nSPS) is 18.2. The van der Waals surface area contributed by atoms with E-state index in [1.165, 1.54) is 0 Å². The molecule has 0 aromatic heterocycles. The molecule has 0 fully saturated rings. The maximum absolute atomic E-state index is 11.7. The van der Waals surface area contributed by atoms with Crippen LogP contribution < -0.4 is 10.4 Å². The lowest BCUT2D eigenvalue weighted by Crippen LogP contribution is -2.37. The lowest BCUT2D eigenvalue weighted by Gasteiger charge is -2.32. The van der Waals surface area contributed by atoms with Gasteiger partial charge in [-0.05, 0) is 24.0 Å². The van der Waals surface area contributed by atoms with Crippen LogP contribution in [0.4, 0.5) is 5.69 Å². The van der Waals surface area contributed by atoms with Gasteiger partial charge < -0.3 is 5.43 Å². The molecule has 1 aromatic carbocycles. The highest BCUT2D eigenvalue weighted by Gasteiger charge is 2.27. The average Bonchev–Trinajstić information content (AvgIpc) is 2.27. The number of carbonyl (C=O) groups excluding carboxylic acids is 1. The molecule has 0 saturated heterocycles. The molecule has 1 aromatic rings. The number of allylic oxidation sites excluding steroid dienone is 2. The highest BCUT2D eigenvalue weighted by atomic mass is 16.1. The molecule has 0 unspecified atom stereocenters. The summed E-state index contributed by atoms with van der Waals surface area (Å²) in [6, 6.07) is 10.0. The van der Waals surface area contributed by atoms with Crippen molar-refractivity contribution in [2.75, 3.05) is 12.1 Å². The number of rotatable bonds is 3. The standard InChI is InChI=1S/C15H20N2O/c1-15(2)10-12(9-14(18)11-15)16-17(3)13-7-5-4-6-8-13/h4-9,16H,10-11H2,1-3H3. The predicted molar refractivity (Wildman–Crippen MR) is 74.1 cm³/mol. The molecular weight excluding hydrogens is 224 g/mol. The molecule has 18 heavy (non-hydrogen) atoms. The second kappa shape index (κ2) is 4.84. The van der Waals surface area contributed by atoms with Gasteiger partial charge in [0.1, 0.15) is 0 Å². The van der Waals surface area contributed by atoms with E-state index in [0.717, 1.165) is 17.8 Å². The Kier molecular flexibility index (Phi) is 3.41. The van der Waals surface area contributed by atoms with Crippen LogP contribution in [0.2, 0.25) is 0 Å². The second-order valence-electron chi connectivity index (χ2n) is 5.66. The minimum absolute atomic E-state index is 0.0473. The zero-order chi connectivity index (χ0) is 13.2. The summed E-state index contributed by atoms with van der Waals surface area (Å²) in [6.07, 6.45) is 3.26. The Hall–Kier alpha value is -1.77. The van der Waals surface area contributed by atoms with Crippen LogP contribution in [0.3, 0.4) is 0 Å². The van der Waals surface area contributed by atoms with E-state index in [4.69, 9.17) is 0 Å². The molecule has 0 aliphatic heterocycles. The van der Waals surface area contributed by atoms with E-state index < -0.39 is 0 Å². The summed E-state index contributed by atoms with van der Waals surface area (Å²) >= 11 is 0. The monoisotopic (exact) mass is 244 g/mol. The average molecular weight is 244 g/mol. The maximum atomic E-state index is 11.7. The molecule has 0 saturated carbocycles. The Morgan fingerprint density at radius 1 is 1.17 bits per heavy atom. The van der Waals surface area contributed by atoms with Gasteiger partial charge in [-0.2, -0.15) is 0 Å². The smallest absolute Gasteiger partial charge is 0.158 e. The molecule has 0 radical (unpaired) electrons. The van der Waals surface area contributed by atoms with Gasteiger partial charge in [0.05, 0.1) is 5.69 Å². The molecule has 1 aliphatic carbocycles. The Morgan fingerprint density at radius 3 is 2.44 bits per heavy atom. The van der Waals surface area contributed by atoms with Crippen LogP contribution >= 0.6 is 0 Å². The number of hydrogen-bond donors (Lipinski definition) is 1. The number of para-hydroxylation sites is 1. The van der Waals surface area contributed by atoms with Gasteiger partial charge in [0, 0.05) is 25.2 Å². The van der Waals surface area contributed by atoms with Crippen LogP contribution in [0.1, 0.15) is 26.7 Å². The Morgan fingerprint density at radius 2 is 1.83 bits per heavy atom. The number of hydrazine groups is 1. The Labute approximate surface area is 108 Å². The molecule has 0 atom stereocenters. The zero-order valence-electron chi connectivity index (χ0n) is 11.2. The SMILES string of the molecule is CN(NC1=CC(=O)CC(C)(C)C1)c1ccccc1. The fourth-order valence-electron chi connectivity index (χ4n) is 2.35. The van der Waals surface area contributed by atoms with E-state index in [-0.39, 0.29) is 11.2 Å². The van der Waals surface area contributed by atoms with Crippen molar-refractivity contribution in [3.05, 3.63) is 42.1 Å². The van der Waals surface area contributed by atoms with Crippen molar-refractivity contribution < 1.29 is 4.79 Å². The van der Waals surface area contributed by atoms with E-state index in [1.807, 2.05) is 42.4 Å². The quantitative estimate of drug-likeness (QED) is 0.830. The molecular formula is C15H20N2O. The highest BCUT2D eigenvalue weighted by Crippen LogP contribution is 2.32. The third-order valence-corrected chi connectivity index (χ3v) is 3.11. The lowest BCUT2D eigenvalue weighted by molar-refractivity contribution is -0.117. The molecule has 0 spiro atoms. The van der Waals surface area contributed by atoms with Crippen LogP contribution in [0, 0.1) is 5.41 Å². The highest BCUT2D eigenvalue weighted by molar-refractivity contribution is 5.91. The van der Waals surface area contributed by atoms with E-state index in [1.54, 1.807) is 6.08 Å². The Bertz CT molecular complexity index is 463. The van der Waals surface area contributed by atoms with E-state index in [2.05, 4.69) is 19.3 Å². The Balaban J connectivity index is 2.08. The first kappa shape index (κ1) is 12.7. The van der Waals surface area contributed by atoms with Gasteiger partial charge in [0.2, 0.25) is 0 Å². The van der Waals surface area contributed by atoms with Crippen molar-refractivity contribution in [3.63, 3.8) is 0 Å². The fourth-order valence-corrected chi connectivity index (χ4v) is 2.35. The number of anilines is 1. The summed E-state index contributed by atoms with van der Waals surface area (Å²) in [5.74, 6) is 0.204. The summed E-state index contributed by atoms with van der Waals surface area (Å²) in [5.41, 5.74) is 5.41. The molecule has 96 valence electrons. The molecule has 2 rings (SSSR count). The minimum atomic E-state index is 0.0473. The predicted octanol–water partition coefficient (Wildman–Crippen LogP) is 2.90. The van der Waals surface area contributed by atoms with Gasteiger partial charge in [0.15, 0.2) is 5.78 Å². The van der Waals surface area contributed by atoms with Crippen LogP contribution in [0.5, 0.6) is 0 Å². The van der Waals surface area contributed by atoms with Crippen molar-refractivity contribution in [3.8, 4) is 0 Å². The van der Waals surface area contributed by atoms with Crippen molar-refractivity contribution in [1.29, 1.82) is 0 Å². The second-order valence-corrected chi connectivity index (χ2v) is 5.66. The zero-order valence-corrected chi connectivity index (χ0v) is 11.2. The molecule has 1 aliphatic rings. The van der Waals surface area contributed by atoms with Crippen molar-refractivity contribution in [1.82, 2.24) is 5.43 Å². The lowest BCUT2D eigenvalue weighted by atomic mass is 9.79. The number of ketones is 1. The number of nitrogens with zero attached hydrogens (tertiary/aromatic N) is 1. The summed E-state index contributed by atoms with van der Waals surface area (Å²) in [5, 5.41) is 1.94. The number of hydrogen-bond acceptors (Lipinski definition) is 3. The topological polar surface area (TPSA) is 32.3 Å². The largest absolute Gasteiger partial charge is 0.303 e. The molecule has 0 amide bonds. The minimum Gasteiger partial charge on any atom is -0.303 e. The number of benzene rings is 1. The van der Waals surface area contributed by atoms with Crippen LogP contribution in [-0.2, 0) is 4.79 Å². The van der Waals surface area contributed by atoms with Gasteiger partial charge in [-0.3, -0.25) is 9.80 Å². The first-order chi connectivity index (χ1) is 8.46. The molecule has 0 bridgehead atoms. The van der Waals surface area contributed by atoms with Crippen LogP contribution in [0.15, 0.2) is 42.1 Å². The molecule has 3 nitrogen and oxygen atoms in total. The number of carbonyl (C=O) groups is 1. The summed E-state index contributed by atoms with van der Waals surface area (Å²) in [7, 11) is 1.96. The van der Waals surface area contributed by atoms with Crippen molar-refractivity contribution in [2.45, 2.75) is 26.7 Å². The number of nitrogens with one attached hydrogen (secondary N) is 1. The first-order valence-corrected chi connectivity index (χ1v) is 6.25. The summed E-state index contributed by atoms with van der Waals surface area (Å²) in [6.45, 7) is 4.25. The maximum Gasteiger partial charge on any atom is 0.158 e. The van der Waals surface area contributed by atoms with E-state index in [0.29, 0.717) is 6.42 Å². The third kappa shape index (κ3) is 3.13. The molecule has 1 N–H and O–H groups in total. The van der Waals surface area contributed by atoms with E-state index in [9.17, 15) is 4.79 Å².